The van der Waals surface area contributed by atoms with E-state index in [-0.39, 0.29) is 0 Å². The SMILES string of the molecule is CCc1nn(C)cc1-n1nc(N)cc1C. The minimum absolute atomic E-state index is 0.540. The van der Waals surface area contributed by atoms with Gasteiger partial charge in [-0.3, -0.25) is 4.68 Å². The summed E-state index contributed by atoms with van der Waals surface area (Å²) < 4.78 is 3.63. The van der Waals surface area contributed by atoms with E-state index in [1.165, 1.54) is 0 Å². The molecule has 0 amide bonds. The Morgan fingerprint density at radius 1 is 1.40 bits per heavy atom. The maximum Gasteiger partial charge on any atom is 0.146 e. The van der Waals surface area contributed by atoms with Gasteiger partial charge in [0, 0.05) is 18.8 Å². The zero-order valence-electron chi connectivity index (χ0n) is 9.23. The Kier molecular flexibility index (Phi) is 2.22. The van der Waals surface area contributed by atoms with Gasteiger partial charge in [0.15, 0.2) is 0 Å². The largest absolute Gasteiger partial charge is 0.382 e. The number of nitrogen functional groups attached to an aromatic ring is 1. The Balaban J connectivity index is 2.57. The van der Waals surface area contributed by atoms with E-state index in [9.17, 15) is 0 Å². The van der Waals surface area contributed by atoms with Gasteiger partial charge in [0.2, 0.25) is 0 Å². The lowest BCUT2D eigenvalue weighted by molar-refractivity contribution is 0.746. The van der Waals surface area contributed by atoms with Crippen molar-refractivity contribution in [3.8, 4) is 5.69 Å². The van der Waals surface area contributed by atoms with Crippen LogP contribution in [0.15, 0.2) is 12.3 Å². The molecule has 0 saturated carbocycles. The van der Waals surface area contributed by atoms with Crippen LogP contribution in [-0.4, -0.2) is 19.6 Å². The van der Waals surface area contributed by atoms with Crippen molar-refractivity contribution in [1.29, 1.82) is 0 Å². The standard InChI is InChI=1S/C10H15N5/c1-4-8-9(6-14(3)12-8)15-7(2)5-10(11)13-15/h5-6H,4H2,1-3H3,(H2,11,13). The number of nitrogens with two attached hydrogens (primary N) is 1. The highest BCUT2D eigenvalue weighted by atomic mass is 15.3. The Hall–Kier alpha value is -1.78. The second kappa shape index (κ2) is 3.42. The van der Waals surface area contributed by atoms with Crippen molar-refractivity contribution >= 4 is 5.82 Å². The van der Waals surface area contributed by atoms with Gasteiger partial charge >= 0.3 is 0 Å². The molecule has 0 aromatic carbocycles. The summed E-state index contributed by atoms with van der Waals surface area (Å²) in [6.07, 6.45) is 2.84. The monoisotopic (exact) mass is 205 g/mol. The van der Waals surface area contributed by atoms with Gasteiger partial charge in [0.05, 0.1) is 11.9 Å². The molecule has 80 valence electrons. The van der Waals surface area contributed by atoms with Gasteiger partial charge < -0.3 is 5.73 Å². The topological polar surface area (TPSA) is 61.7 Å². The van der Waals surface area contributed by atoms with Crippen LogP contribution >= 0.6 is 0 Å². The van der Waals surface area contributed by atoms with Crippen LogP contribution in [0.1, 0.15) is 18.3 Å². The van der Waals surface area contributed by atoms with Crippen LogP contribution in [0, 0.1) is 6.92 Å². The Labute approximate surface area is 88.5 Å². The van der Waals surface area contributed by atoms with Crippen molar-refractivity contribution < 1.29 is 0 Å². The van der Waals surface area contributed by atoms with Crippen molar-refractivity contribution in [2.75, 3.05) is 5.73 Å². The maximum absolute atomic E-state index is 5.66. The third-order valence-corrected chi connectivity index (χ3v) is 2.35. The highest BCUT2D eigenvalue weighted by Crippen LogP contribution is 2.16. The number of aryl methyl sites for hydroxylation is 3. The van der Waals surface area contributed by atoms with Gasteiger partial charge in [-0.15, -0.1) is 0 Å². The summed E-state index contributed by atoms with van der Waals surface area (Å²) in [4.78, 5) is 0. The summed E-state index contributed by atoms with van der Waals surface area (Å²) in [5, 5.41) is 8.61. The van der Waals surface area contributed by atoms with Crippen molar-refractivity contribution in [2.24, 2.45) is 7.05 Å². The summed E-state index contributed by atoms with van der Waals surface area (Å²) in [6.45, 7) is 4.06. The normalized spacial score (nSPS) is 10.9. The minimum Gasteiger partial charge on any atom is -0.382 e. The molecule has 0 aliphatic carbocycles. The van der Waals surface area contributed by atoms with Crippen LogP contribution < -0.4 is 5.73 Å². The first-order chi connectivity index (χ1) is 7.11. The molecule has 0 aliphatic heterocycles. The average molecular weight is 205 g/mol. The molecule has 5 heteroatoms. The molecule has 2 N–H and O–H groups in total. The zero-order valence-corrected chi connectivity index (χ0v) is 9.23. The average Bonchev–Trinajstić information content (AvgIpc) is 2.69. The van der Waals surface area contributed by atoms with Gasteiger partial charge in [0.1, 0.15) is 11.5 Å². The van der Waals surface area contributed by atoms with Gasteiger partial charge in [-0.25, -0.2) is 4.68 Å². The first-order valence-electron chi connectivity index (χ1n) is 4.97. The van der Waals surface area contributed by atoms with E-state index in [4.69, 9.17) is 5.73 Å². The maximum atomic E-state index is 5.66. The molecule has 0 aliphatic rings. The molecule has 5 nitrogen and oxygen atoms in total. The van der Waals surface area contributed by atoms with E-state index < -0.39 is 0 Å². The van der Waals surface area contributed by atoms with Crippen LogP contribution in [0.5, 0.6) is 0 Å². The van der Waals surface area contributed by atoms with Crippen LogP contribution in [-0.2, 0) is 13.5 Å². The molecule has 2 rings (SSSR count). The molecule has 15 heavy (non-hydrogen) atoms. The Morgan fingerprint density at radius 3 is 2.67 bits per heavy atom. The smallest absolute Gasteiger partial charge is 0.146 e. The van der Waals surface area contributed by atoms with Crippen molar-refractivity contribution in [2.45, 2.75) is 20.3 Å². The zero-order chi connectivity index (χ0) is 11.0. The summed E-state index contributed by atoms with van der Waals surface area (Å²) in [7, 11) is 1.91. The lowest BCUT2D eigenvalue weighted by atomic mass is 10.3. The van der Waals surface area contributed by atoms with Crippen molar-refractivity contribution in [3.63, 3.8) is 0 Å². The van der Waals surface area contributed by atoms with E-state index in [1.807, 2.05) is 30.9 Å². The first kappa shape index (κ1) is 9.76. The Morgan fingerprint density at radius 2 is 2.13 bits per heavy atom. The predicted molar refractivity (Wildman–Crippen MR) is 58.9 cm³/mol. The highest BCUT2D eigenvalue weighted by molar-refractivity contribution is 5.40. The fraction of sp³-hybridized carbons (Fsp3) is 0.400. The molecule has 0 spiro atoms. The van der Waals surface area contributed by atoms with Crippen molar-refractivity contribution in [1.82, 2.24) is 19.6 Å². The highest BCUT2D eigenvalue weighted by Gasteiger charge is 2.11. The van der Waals surface area contributed by atoms with E-state index in [0.717, 1.165) is 23.5 Å². The summed E-state index contributed by atoms with van der Waals surface area (Å²) in [5.74, 6) is 0.540. The van der Waals surface area contributed by atoms with Crippen LogP contribution in [0.4, 0.5) is 5.82 Å². The number of aromatic nitrogens is 4. The predicted octanol–water partition coefficient (Wildman–Crippen LogP) is 1.06. The first-order valence-corrected chi connectivity index (χ1v) is 4.97. The molecule has 0 atom stereocenters. The fourth-order valence-corrected chi connectivity index (χ4v) is 1.69. The molecule has 0 bridgehead atoms. The van der Waals surface area contributed by atoms with E-state index in [2.05, 4.69) is 17.1 Å². The van der Waals surface area contributed by atoms with Crippen LogP contribution in [0.2, 0.25) is 0 Å². The summed E-state index contributed by atoms with van der Waals surface area (Å²) >= 11 is 0. The summed E-state index contributed by atoms with van der Waals surface area (Å²) in [6, 6.07) is 1.85. The number of nitrogens with zero attached hydrogens (tertiary/aromatic N) is 4. The van der Waals surface area contributed by atoms with E-state index in [1.54, 1.807) is 4.68 Å². The van der Waals surface area contributed by atoms with Crippen LogP contribution in [0.3, 0.4) is 0 Å². The van der Waals surface area contributed by atoms with E-state index >= 15 is 0 Å². The van der Waals surface area contributed by atoms with Gasteiger partial charge in [-0.05, 0) is 13.3 Å². The lowest BCUT2D eigenvalue weighted by Gasteiger charge is -2.01. The van der Waals surface area contributed by atoms with Crippen molar-refractivity contribution in [3.05, 3.63) is 23.7 Å². The van der Waals surface area contributed by atoms with Gasteiger partial charge in [-0.1, -0.05) is 6.92 Å². The lowest BCUT2D eigenvalue weighted by Crippen LogP contribution is -2.01. The number of hydrogen-bond acceptors (Lipinski definition) is 3. The molecular weight excluding hydrogens is 190 g/mol. The molecular formula is C10H15N5. The Bertz CT molecular complexity index is 480. The molecule has 0 unspecified atom stereocenters. The number of anilines is 1. The quantitative estimate of drug-likeness (QED) is 0.797. The molecule has 0 saturated heterocycles. The fourth-order valence-electron chi connectivity index (χ4n) is 1.69. The number of hydrogen-bond donors (Lipinski definition) is 1. The van der Waals surface area contributed by atoms with Gasteiger partial charge in [-0.2, -0.15) is 10.2 Å². The molecule has 0 fully saturated rings. The van der Waals surface area contributed by atoms with E-state index in [0.29, 0.717) is 5.82 Å². The van der Waals surface area contributed by atoms with Gasteiger partial charge in [0.25, 0.3) is 0 Å². The molecule has 0 radical (unpaired) electrons. The minimum atomic E-state index is 0.540. The second-order valence-electron chi connectivity index (χ2n) is 3.61. The third kappa shape index (κ3) is 1.60. The molecule has 2 heterocycles. The number of rotatable bonds is 2. The molecule has 2 aromatic heterocycles. The second-order valence-corrected chi connectivity index (χ2v) is 3.61. The van der Waals surface area contributed by atoms with Crippen LogP contribution in [0.25, 0.3) is 5.69 Å². The third-order valence-electron chi connectivity index (χ3n) is 2.35. The molecule has 2 aromatic rings. The summed E-state index contributed by atoms with van der Waals surface area (Å²) in [5.41, 5.74) is 8.72.